The van der Waals surface area contributed by atoms with Crippen LogP contribution in [0.1, 0.15) is 51.0 Å². The molecule has 0 fully saturated rings. The van der Waals surface area contributed by atoms with E-state index in [-0.39, 0.29) is 5.84 Å². The number of nitrogen functional groups attached to an aromatic ring is 1. The first-order valence-electron chi connectivity index (χ1n) is 6.92. The summed E-state index contributed by atoms with van der Waals surface area (Å²) in [6.45, 7) is 2.86. The topological polar surface area (TPSA) is 59.1 Å². The Hall–Kier alpha value is -1.22. The molecular formula is C15H23ClN2O. The minimum absolute atomic E-state index is 0.00890. The summed E-state index contributed by atoms with van der Waals surface area (Å²) >= 11 is 5.93. The lowest BCUT2D eigenvalue weighted by Crippen LogP contribution is -2.13. The number of amidine groups is 1. The molecule has 0 aliphatic heterocycles. The van der Waals surface area contributed by atoms with Gasteiger partial charge in [0.05, 0.1) is 12.2 Å². The van der Waals surface area contributed by atoms with Gasteiger partial charge in [-0.2, -0.15) is 0 Å². The Bertz CT molecular complexity index is 407. The number of hydrogen-bond acceptors (Lipinski definition) is 2. The maximum atomic E-state index is 7.49. The SMILES string of the molecule is CCCCCCCCOc1cc(Cl)ccc1C(=N)N. The van der Waals surface area contributed by atoms with Crippen LogP contribution in [0.25, 0.3) is 0 Å². The predicted molar refractivity (Wildman–Crippen MR) is 81.3 cm³/mol. The number of nitrogens with two attached hydrogens (primary N) is 1. The molecule has 0 amide bonds. The third-order valence-electron chi connectivity index (χ3n) is 2.99. The van der Waals surface area contributed by atoms with Crippen molar-refractivity contribution in [3.8, 4) is 5.75 Å². The number of benzene rings is 1. The van der Waals surface area contributed by atoms with Crippen LogP contribution in [0.5, 0.6) is 5.75 Å². The van der Waals surface area contributed by atoms with E-state index in [2.05, 4.69) is 6.92 Å². The van der Waals surface area contributed by atoms with Crippen LogP contribution in [0.4, 0.5) is 0 Å². The number of ether oxygens (including phenoxy) is 1. The van der Waals surface area contributed by atoms with Crippen molar-refractivity contribution in [2.45, 2.75) is 45.4 Å². The molecule has 1 rings (SSSR count). The number of rotatable bonds is 9. The van der Waals surface area contributed by atoms with Crippen molar-refractivity contribution in [3.63, 3.8) is 0 Å². The van der Waals surface area contributed by atoms with E-state index < -0.39 is 0 Å². The lowest BCUT2D eigenvalue weighted by molar-refractivity contribution is 0.304. The molecule has 4 heteroatoms. The van der Waals surface area contributed by atoms with Crippen LogP contribution in [-0.2, 0) is 0 Å². The molecule has 3 nitrogen and oxygen atoms in total. The number of hydrogen-bond donors (Lipinski definition) is 2. The van der Waals surface area contributed by atoms with Gasteiger partial charge in [-0.3, -0.25) is 5.41 Å². The van der Waals surface area contributed by atoms with E-state index in [1.807, 2.05) is 0 Å². The Balaban J connectivity index is 2.36. The minimum Gasteiger partial charge on any atom is -0.493 e. The second-order valence-electron chi connectivity index (χ2n) is 4.67. The van der Waals surface area contributed by atoms with Gasteiger partial charge in [0.25, 0.3) is 0 Å². The first kappa shape index (κ1) is 15.8. The molecular weight excluding hydrogens is 260 g/mol. The van der Waals surface area contributed by atoms with Gasteiger partial charge in [-0.15, -0.1) is 0 Å². The molecule has 0 aliphatic rings. The lowest BCUT2D eigenvalue weighted by Gasteiger charge is -2.11. The maximum Gasteiger partial charge on any atom is 0.131 e. The van der Waals surface area contributed by atoms with Gasteiger partial charge in [0, 0.05) is 5.02 Å². The normalized spacial score (nSPS) is 10.4. The van der Waals surface area contributed by atoms with E-state index in [1.165, 1.54) is 32.1 Å². The molecule has 0 spiro atoms. The van der Waals surface area contributed by atoms with Crippen LogP contribution < -0.4 is 10.5 Å². The third-order valence-corrected chi connectivity index (χ3v) is 3.22. The molecule has 0 saturated heterocycles. The van der Waals surface area contributed by atoms with Crippen LogP contribution in [-0.4, -0.2) is 12.4 Å². The van der Waals surface area contributed by atoms with Crippen molar-refractivity contribution < 1.29 is 4.74 Å². The average Bonchev–Trinajstić information content (AvgIpc) is 2.37. The van der Waals surface area contributed by atoms with Crippen molar-refractivity contribution >= 4 is 17.4 Å². The summed E-state index contributed by atoms with van der Waals surface area (Å²) in [5.74, 6) is 0.614. The number of nitrogens with one attached hydrogen (secondary N) is 1. The summed E-state index contributed by atoms with van der Waals surface area (Å²) < 4.78 is 5.68. The molecule has 106 valence electrons. The van der Waals surface area contributed by atoms with Crippen molar-refractivity contribution in [2.75, 3.05) is 6.61 Å². The second kappa shape index (κ2) is 8.81. The summed E-state index contributed by atoms with van der Waals surface area (Å²) in [5.41, 5.74) is 6.12. The van der Waals surface area contributed by atoms with Gasteiger partial charge in [-0.1, -0.05) is 50.6 Å². The molecule has 0 heterocycles. The van der Waals surface area contributed by atoms with E-state index >= 15 is 0 Å². The summed E-state index contributed by atoms with van der Waals surface area (Å²) in [6, 6.07) is 5.16. The molecule has 0 unspecified atom stereocenters. The first-order valence-corrected chi connectivity index (χ1v) is 7.29. The van der Waals surface area contributed by atoms with E-state index in [1.54, 1.807) is 18.2 Å². The quantitative estimate of drug-likeness (QED) is 0.401. The van der Waals surface area contributed by atoms with Crippen molar-refractivity contribution in [1.82, 2.24) is 0 Å². The largest absolute Gasteiger partial charge is 0.493 e. The molecule has 0 atom stereocenters. The fraction of sp³-hybridized carbons (Fsp3) is 0.533. The molecule has 0 bridgehead atoms. The van der Waals surface area contributed by atoms with Crippen LogP contribution in [0.3, 0.4) is 0 Å². The van der Waals surface area contributed by atoms with Gasteiger partial charge in [0.15, 0.2) is 0 Å². The van der Waals surface area contributed by atoms with Crippen molar-refractivity contribution in [3.05, 3.63) is 28.8 Å². The zero-order chi connectivity index (χ0) is 14.1. The first-order chi connectivity index (χ1) is 9.15. The third kappa shape index (κ3) is 5.97. The maximum absolute atomic E-state index is 7.49. The summed E-state index contributed by atoms with van der Waals surface area (Å²) in [5, 5.41) is 8.09. The van der Waals surface area contributed by atoms with Gasteiger partial charge >= 0.3 is 0 Å². The smallest absolute Gasteiger partial charge is 0.131 e. The Morgan fingerprint density at radius 3 is 2.58 bits per heavy atom. The molecule has 19 heavy (non-hydrogen) atoms. The predicted octanol–water partition coefficient (Wildman–Crippen LogP) is 4.36. The Morgan fingerprint density at radius 1 is 1.21 bits per heavy atom. The minimum atomic E-state index is 0.00890. The summed E-state index contributed by atoms with van der Waals surface area (Å²) in [7, 11) is 0. The summed E-state index contributed by atoms with van der Waals surface area (Å²) in [4.78, 5) is 0. The van der Waals surface area contributed by atoms with E-state index in [9.17, 15) is 0 Å². The highest BCUT2D eigenvalue weighted by Crippen LogP contribution is 2.23. The van der Waals surface area contributed by atoms with Crippen LogP contribution in [0.2, 0.25) is 5.02 Å². The molecule has 0 saturated carbocycles. The Kier molecular flexibility index (Phi) is 7.34. The molecule has 1 aromatic rings. The molecule has 0 aromatic heterocycles. The monoisotopic (exact) mass is 282 g/mol. The Labute approximate surface area is 120 Å². The highest BCUT2D eigenvalue weighted by atomic mass is 35.5. The standard InChI is InChI=1S/C15H23ClN2O/c1-2-3-4-5-6-7-10-19-14-11-12(16)8-9-13(14)15(17)18/h8-9,11H,2-7,10H2,1H3,(H3,17,18). The second-order valence-corrected chi connectivity index (χ2v) is 5.11. The van der Waals surface area contributed by atoms with E-state index in [0.29, 0.717) is 22.9 Å². The van der Waals surface area contributed by atoms with Gasteiger partial charge < -0.3 is 10.5 Å². The zero-order valence-electron chi connectivity index (χ0n) is 11.5. The van der Waals surface area contributed by atoms with Gasteiger partial charge in [-0.25, -0.2) is 0 Å². The molecule has 1 aromatic carbocycles. The van der Waals surface area contributed by atoms with Crippen LogP contribution in [0, 0.1) is 5.41 Å². The number of halogens is 1. The lowest BCUT2D eigenvalue weighted by atomic mass is 10.1. The van der Waals surface area contributed by atoms with Gasteiger partial charge in [0.1, 0.15) is 11.6 Å². The highest BCUT2D eigenvalue weighted by molar-refractivity contribution is 6.30. The zero-order valence-corrected chi connectivity index (χ0v) is 12.3. The summed E-state index contributed by atoms with van der Waals surface area (Å²) in [6.07, 6.45) is 7.33. The highest BCUT2D eigenvalue weighted by Gasteiger charge is 2.07. The number of unbranched alkanes of at least 4 members (excludes halogenated alkanes) is 5. The molecule has 3 N–H and O–H groups in total. The van der Waals surface area contributed by atoms with Gasteiger partial charge in [0.2, 0.25) is 0 Å². The Morgan fingerprint density at radius 2 is 1.89 bits per heavy atom. The average molecular weight is 283 g/mol. The molecule has 0 aliphatic carbocycles. The molecule has 0 radical (unpaired) electrons. The fourth-order valence-corrected chi connectivity index (χ4v) is 2.06. The van der Waals surface area contributed by atoms with Crippen LogP contribution >= 0.6 is 11.6 Å². The van der Waals surface area contributed by atoms with Crippen LogP contribution in [0.15, 0.2) is 18.2 Å². The van der Waals surface area contributed by atoms with Crippen molar-refractivity contribution in [2.24, 2.45) is 5.73 Å². The van der Waals surface area contributed by atoms with Gasteiger partial charge in [-0.05, 0) is 24.6 Å². The van der Waals surface area contributed by atoms with E-state index in [0.717, 1.165) is 6.42 Å². The van der Waals surface area contributed by atoms with Crippen molar-refractivity contribution in [1.29, 1.82) is 5.41 Å². The fourth-order valence-electron chi connectivity index (χ4n) is 1.90. The van der Waals surface area contributed by atoms with E-state index in [4.69, 9.17) is 27.5 Å².